The van der Waals surface area contributed by atoms with Crippen molar-refractivity contribution in [1.82, 2.24) is 15.5 Å². The first kappa shape index (κ1) is 29.3. The van der Waals surface area contributed by atoms with E-state index in [1.165, 1.54) is 17.0 Å². The van der Waals surface area contributed by atoms with Crippen molar-refractivity contribution in [1.29, 1.82) is 0 Å². The highest BCUT2D eigenvalue weighted by atomic mass is 16.6. The molecule has 0 aliphatic rings. The fourth-order valence-electron chi connectivity index (χ4n) is 3.59. The third-order valence-electron chi connectivity index (χ3n) is 5.18. The van der Waals surface area contributed by atoms with E-state index in [4.69, 9.17) is 4.74 Å². The molecule has 0 saturated carbocycles. The molecule has 3 amide bonds. The van der Waals surface area contributed by atoms with E-state index >= 15 is 0 Å². The molecule has 2 atom stereocenters. The normalized spacial score (nSPS) is 13.2. The van der Waals surface area contributed by atoms with Crippen LogP contribution in [0.15, 0.2) is 24.3 Å². The third-order valence-corrected chi connectivity index (χ3v) is 5.18. The van der Waals surface area contributed by atoms with Crippen LogP contribution in [0.25, 0.3) is 0 Å². The number of amides is 3. The Morgan fingerprint density at radius 2 is 1.76 bits per heavy atom. The van der Waals surface area contributed by atoms with Crippen molar-refractivity contribution in [2.24, 2.45) is 5.92 Å². The van der Waals surface area contributed by atoms with Gasteiger partial charge in [0.15, 0.2) is 0 Å². The van der Waals surface area contributed by atoms with Gasteiger partial charge in [0.2, 0.25) is 11.8 Å². The largest absolute Gasteiger partial charge is 0.508 e. The quantitative estimate of drug-likeness (QED) is 0.383. The van der Waals surface area contributed by atoms with Gasteiger partial charge < -0.3 is 25.4 Å². The van der Waals surface area contributed by atoms with Gasteiger partial charge in [0.1, 0.15) is 23.4 Å². The van der Waals surface area contributed by atoms with Crippen molar-refractivity contribution in [3.63, 3.8) is 0 Å². The van der Waals surface area contributed by atoms with Crippen molar-refractivity contribution in [3.8, 4) is 5.75 Å². The molecule has 0 bridgehead atoms. The first-order chi connectivity index (χ1) is 15.9. The number of aromatic hydroxyl groups is 1. The molecule has 192 valence electrons. The van der Waals surface area contributed by atoms with Crippen molar-refractivity contribution in [2.45, 2.75) is 91.8 Å². The number of phenols is 1. The molecular formula is C26H43N3O5. The van der Waals surface area contributed by atoms with Crippen LogP contribution in [-0.4, -0.2) is 52.6 Å². The van der Waals surface area contributed by atoms with E-state index < -0.39 is 23.8 Å². The van der Waals surface area contributed by atoms with Gasteiger partial charge in [-0.05, 0) is 57.2 Å². The molecule has 1 aromatic rings. The van der Waals surface area contributed by atoms with Crippen LogP contribution in [0.1, 0.15) is 85.8 Å². The van der Waals surface area contributed by atoms with Crippen LogP contribution in [0.4, 0.5) is 4.79 Å². The van der Waals surface area contributed by atoms with Gasteiger partial charge in [0.25, 0.3) is 0 Å². The molecule has 0 radical (unpaired) electrons. The number of carbonyl (C=O) groups excluding carboxylic acids is 3. The molecule has 34 heavy (non-hydrogen) atoms. The molecule has 1 rings (SSSR count). The summed E-state index contributed by atoms with van der Waals surface area (Å²) in [5.41, 5.74) is -0.199. The van der Waals surface area contributed by atoms with Crippen LogP contribution in [0.3, 0.4) is 0 Å². The zero-order chi connectivity index (χ0) is 25.9. The number of nitrogens with zero attached hydrogens (tertiary/aromatic N) is 1. The Morgan fingerprint density at radius 3 is 2.29 bits per heavy atom. The lowest BCUT2D eigenvalue weighted by Gasteiger charge is -2.35. The summed E-state index contributed by atoms with van der Waals surface area (Å²) in [6.45, 7) is 13.7. The lowest BCUT2D eigenvalue weighted by Crippen LogP contribution is -2.55. The van der Waals surface area contributed by atoms with Crippen molar-refractivity contribution >= 4 is 17.9 Å². The fourth-order valence-corrected chi connectivity index (χ4v) is 3.59. The van der Waals surface area contributed by atoms with E-state index in [0.29, 0.717) is 25.1 Å². The zero-order valence-corrected chi connectivity index (χ0v) is 21.8. The Morgan fingerprint density at radius 1 is 1.09 bits per heavy atom. The maximum Gasteiger partial charge on any atom is 0.408 e. The molecule has 0 saturated heterocycles. The van der Waals surface area contributed by atoms with Crippen LogP contribution in [0, 0.1) is 5.92 Å². The number of unbranched alkanes of at least 4 members (excludes halogenated alkanes) is 2. The second-order valence-corrected chi connectivity index (χ2v) is 9.90. The molecular weight excluding hydrogens is 434 g/mol. The topological polar surface area (TPSA) is 108 Å². The second kappa shape index (κ2) is 13.8. The highest BCUT2D eigenvalue weighted by molar-refractivity contribution is 5.92. The van der Waals surface area contributed by atoms with Gasteiger partial charge in [0.05, 0.1) is 0 Å². The number of ether oxygens (including phenoxy) is 1. The molecule has 0 aliphatic heterocycles. The Labute approximate surface area is 204 Å². The molecule has 2 unspecified atom stereocenters. The SMILES string of the molecule is CCCCCNC(=O)C(c1cccc(O)c1)N(CCC)C(=O)C(NC(=O)OC(C)(C)C)C(C)C. The van der Waals surface area contributed by atoms with Crippen LogP contribution in [0.2, 0.25) is 0 Å². The van der Waals surface area contributed by atoms with E-state index in [1.54, 1.807) is 32.9 Å². The summed E-state index contributed by atoms with van der Waals surface area (Å²) in [6.07, 6.45) is 2.78. The Balaban J connectivity index is 3.31. The minimum Gasteiger partial charge on any atom is -0.508 e. The first-order valence-corrected chi connectivity index (χ1v) is 12.3. The number of benzene rings is 1. The lowest BCUT2D eigenvalue weighted by molar-refractivity contribution is -0.143. The monoisotopic (exact) mass is 477 g/mol. The van der Waals surface area contributed by atoms with Crippen LogP contribution in [0.5, 0.6) is 5.75 Å². The molecule has 8 heteroatoms. The van der Waals surface area contributed by atoms with Gasteiger partial charge >= 0.3 is 6.09 Å². The van der Waals surface area contributed by atoms with Crippen LogP contribution < -0.4 is 10.6 Å². The van der Waals surface area contributed by atoms with Gasteiger partial charge in [-0.25, -0.2) is 4.79 Å². The zero-order valence-electron chi connectivity index (χ0n) is 21.8. The van der Waals surface area contributed by atoms with E-state index in [9.17, 15) is 19.5 Å². The molecule has 3 N–H and O–H groups in total. The van der Waals surface area contributed by atoms with E-state index in [0.717, 1.165) is 19.3 Å². The highest BCUT2D eigenvalue weighted by Crippen LogP contribution is 2.26. The van der Waals surface area contributed by atoms with Crippen molar-refractivity contribution in [3.05, 3.63) is 29.8 Å². The smallest absolute Gasteiger partial charge is 0.408 e. The Bertz CT molecular complexity index is 804. The molecule has 0 fully saturated rings. The summed E-state index contributed by atoms with van der Waals surface area (Å²) in [5, 5.41) is 15.7. The maximum atomic E-state index is 13.8. The number of rotatable bonds is 12. The summed E-state index contributed by atoms with van der Waals surface area (Å²) in [6, 6.07) is 4.56. The number of nitrogens with one attached hydrogen (secondary N) is 2. The first-order valence-electron chi connectivity index (χ1n) is 12.3. The second-order valence-electron chi connectivity index (χ2n) is 9.90. The number of hydrogen-bond donors (Lipinski definition) is 3. The Kier molecular flexibility index (Phi) is 11.9. The van der Waals surface area contributed by atoms with Crippen LogP contribution in [-0.2, 0) is 14.3 Å². The summed E-state index contributed by atoms with van der Waals surface area (Å²) in [4.78, 5) is 41.1. The molecule has 8 nitrogen and oxygen atoms in total. The van der Waals surface area contributed by atoms with Gasteiger partial charge in [-0.3, -0.25) is 9.59 Å². The minimum atomic E-state index is -0.942. The summed E-state index contributed by atoms with van der Waals surface area (Å²) >= 11 is 0. The Hall–Kier alpha value is -2.77. The summed E-state index contributed by atoms with van der Waals surface area (Å²) in [7, 11) is 0. The highest BCUT2D eigenvalue weighted by Gasteiger charge is 2.37. The predicted octanol–water partition coefficient (Wildman–Crippen LogP) is 4.53. The van der Waals surface area contributed by atoms with E-state index in [1.807, 2.05) is 20.8 Å². The van der Waals surface area contributed by atoms with Gasteiger partial charge in [-0.2, -0.15) is 0 Å². The lowest BCUT2D eigenvalue weighted by atomic mass is 9.98. The van der Waals surface area contributed by atoms with E-state index in [2.05, 4.69) is 17.6 Å². The standard InChI is InChI=1S/C26H43N3O5/c1-8-10-11-15-27-23(31)22(19-13-12-14-20(30)17-19)29(16-9-2)24(32)21(18(3)4)28-25(33)34-26(5,6)7/h12-14,17-18,21-22,30H,8-11,15-16H2,1-7H3,(H,27,31)(H,28,33). The molecule has 0 spiro atoms. The minimum absolute atomic E-state index is 0.0115. The predicted molar refractivity (Wildman–Crippen MR) is 133 cm³/mol. The van der Waals surface area contributed by atoms with Crippen molar-refractivity contribution < 1.29 is 24.2 Å². The average Bonchev–Trinajstić information content (AvgIpc) is 2.73. The molecule has 0 aliphatic carbocycles. The van der Waals surface area contributed by atoms with Crippen LogP contribution >= 0.6 is 0 Å². The summed E-state index contributed by atoms with van der Waals surface area (Å²) in [5.74, 6) is -0.919. The molecule has 0 aromatic heterocycles. The number of alkyl carbamates (subject to hydrolysis) is 1. The number of phenolic OH excluding ortho intramolecular Hbond substituents is 1. The van der Waals surface area contributed by atoms with Gasteiger partial charge in [-0.15, -0.1) is 0 Å². The van der Waals surface area contributed by atoms with E-state index in [-0.39, 0.29) is 23.5 Å². The number of carbonyl (C=O) groups is 3. The van der Waals surface area contributed by atoms with Crippen molar-refractivity contribution in [2.75, 3.05) is 13.1 Å². The van der Waals surface area contributed by atoms with Gasteiger partial charge in [0, 0.05) is 13.1 Å². The fraction of sp³-hybridized carbons (Fsp3) is 0.654. The average molecular weight is 478 g/mol. The molecule has 0 heterocycles. The molecule has 1 aromatic carbocycles. The maximum absolute atomic E-state index is 13.8. The third kappa shape index (κ3) is 9.61. The summed E-state index contributed by atoms with van der Waals surface area (Å²) < 4.78 is 5.36. The van der Waals surface area contributed by atoms with Gasteiger partial charge in [-0.1, -0.05) is 52.7 Å². The number of hydrogen-bond acceptors (Lipinski definition) is 5.